The lowest BCUT2D eigenvalue weighted by molar-refractivity contribution is -0.121. The summed E-state index contributed by atoms with van der Waals surface area (Å²) in [4.78, 5) is 24.8. The Morgan fingerprint density at radius 1 is 0.821 bits per heavy atom. The van der Waals surface area contributed by atoms with Crippen molar-refractivity contribution in [1.29, 1.82) is 0 Å². The summed E-state index contributed by atoms with van der Waals surface area (Å²) in [5.41, 5.74) is 1.56. The van der Waals surface area contributed by atoms with E-state index >= 15 is 0 Å². The highest BCUT2D eigenvalue weighted by Crippen LogP contribution is 2.19. The summed E-state index contributed by atoms with van der Waals surface area (Å²) in [6, 6.07) is 25.0. The highest BCUT2D eigenvalue weighted by atomic mass is 32.1. The molecule has 0 spiro atoms. The smallest absolute Gasteiger partial charge is 0.264 e. The van der Waals surface area contributed by atoms with Crippen molar-refractivity contribution in [3.63, 3.8) is 0 Å². The predicted molar refractivity (Wildman–Crippen MR) is 113 cm³/mol. The van der Waals surface area contributed by atoms with Crippen LogP contribution in [0.3, 0.4) is 0 Å². The zero-order valence-corrected chi connectivity index (χ0v) is 15.7. The highest BCUT2D eigenvalue weighted by Gasteiger charge is 2.14. The van der Waals surface area contributed by atoms with E-state index in [9.17, 15) is 9.59 Å². The maximum Gasteiger partial charge on any atom is 0.264 e. The quantitative estimate of drug-likeness (QED) is 0.495. The number of hydrogen-bond donors (Lipinski definition) is 2. The number of carbonyl (C=O) groups is 2. The van der Waals surface area contributed by atoms with Crippen LogP contribution in [-0.4, -0.2) is 23.4 Å². The number of nitrogens with one attached hydrogen (secondary N) is 2. The molecule has 28 heavy (non-hydrogen) atoms. The number of amides is 1. The van der Waals surface area contributed by atoms with Crippen molar-refractivity contribution in [1.82, 2.24) is 5.32 Å². The number of anilines is 1. The van der Waals surface area contributed by atoms with E-state index in [1.165, 1.54) is 0 Å². The zero-order valence-electron chi connectivity index (χ0n) is 14.9. The number of thiocarbonyl (C=S) groups is 1. The fraction of sp³-hybridized carbons (Fsp3) is 0.0455. The Kier molecular flexibility index (Phi) is 6.49. The molecule has 0 saturated heterocycles. The van der Waals surface area contributed by atoms with Gasteiger partial charge in [-0.2, -0.15) is 0 Å². The third-order valence-corrected chi connectivity index (χ3v) is 4.03. The van der Waals surface area contributed by atoms with Crippen molar-refractivity contribution in [3.05, 3.63) is 96.1 Å². The lowest BCUT2D eigenvalue weighted by Crippen LogP contribution is -2.37. The van der Waals surface area contributed by atoms with Gasteiger partial charge < -0.3 is 10.1 Å². The minimum absolute atomic E-state index is 0.0926. The van der Waals surface area contributed by atoms with Crippen LogP contribution >= 0.6 is 12.2 Å². The van der Waals surface area contributed by atoms with Crippen molar-refractivity contribution < 1.29 is 14.3 Å². The second-order valence-electron chi connectivity index (χ2n) is 5.84. The van der Waals surface area contributed by atoms with Gasteiger partial charge in [0, 0.05) is 11.1 Å². The molecule has 5 nitrogen and oxygen atoms in total. The molecule has 0 aromatic heterocycles. The molecule has 3 aromatic rings. The summed E-state index contributed by atoms with van der Waals surface area (Å²) in [5.74, 6) is 0.0637. The Balaban J connectivity index is 1.61. The van der Waals surface area contributed by atoms with Gasteiger partial charge in [0.05, 0.1) is 5.69 Å². The van der Waals surface area contributed by atoms with Crippen LogP contribution in [-0.2, 0) is 4.79 Å². The molecule has 0 aliphatic heterocycles. The van der Waals surface area contributed by atoms with Gasteiger partial charge in [-0.1, -0.05) is 60.7 Å². The van der Waals surface area contributed by atoms with Gasteiger partial charge in [0.25, 0.3) is 5.91 Å². The van der Waals surface area contributed by atoms with Gasteiger partial charge in [-0.15, -0.1) is 0 Å². The van der Waals surface area contributed by atoms with Crippen LogP contribution in [0.15, 0.2) is 84.9 Å². The average Bonchev–Trinajstić information content (AvgIpc) is 2.73. The van der Waals surface area contributed by atoms with Crippen LogP contribution in [0.2, 0.25) is 0 Å². The van der Waals surface area contributed by atoms with Crippen LogP contribution in [0.1, 0.15) is 15.9 Å². The summed E-state index contributed by atoms with van der Waals surface area (Å²) >= 11 is 5.20. The molecule has 0 bridgehead atoms. The number of rotatable bonds is 6. The van der Waals surface area contributed by atoms with Gasteiger partial charge in [0.15, 0.2) is 17.5 Å². The number of carbonyl (C=O) groups excluding carboxylic acids is 2. The Bertz CT molecular complexity index is 975. The van der Waals surface area contributed by atoms with E-state index < -0.39 is 5.91 Å². The van der Waals surface area contributed by atoms with Crippen molar-refractivity contribution >= 4 is 34.7 Å². The maximum absolute atomic E-state index is 12.7. The van der Waals surface area contributed by atoms with Crippen LogP contribution in [0.4, 0.5) is 5.69 Å². The van der Waals surface area contributed by atoms with Crippen molar-refractivity contribution in [2.75, 3.05) is 11.9 Å². The molecule has 3 rings (SSSR count). The average molecular weight is 390 g/mol. The third-order valence-electron chi connectivity index (χ3n) is 3.82. The molecule has 140 valence electrons. The van der Waals surface area contributed by atoms with Gasteiger partial charge >= 0.3 is 0 Å². The van der Waals surface area contributed by atoms with E-state index in [4.69, 9.17) is 17.0 Å². The van der Waals surface area contributed by atoms with E-state index in [0.717, 1.165) is 0 Å². The van der Waals surface area contributed by atoms with E-state index in [1.54, 1.807) is 60.7 Å². The minimum Gasteiger partial charge on any atom is -0.484 e. The molecule has 0 fully saturated rings. The van der Waals surface area contributed by atoms with E-state index in [1.807, 2.05) is 24.3 Å². The SMILES string of the molecule is O=C(COc1ccccc1)NC(=S)Nc1ccccc1C(=O)c1ccccc1. The second-order valence-corrected chi connectivity index (χ2v) is 6.25. The van der Waals surface area contributed by atoms with Crippen molar-refractivity contribution in [3.8, 4) is 5.75 Å². The largest absolute Gasteiger partial charge is 0.484 e. The van der Waals surface area contributed by atoms with Crippen LogP contribution < -0.4 is 15.4 Å². The molecule has 0 saturated carbocycles. The van der Waals surface area contributed by atoms with E-state index in [-0.39, 0.29) is 17.5 Å². The Labute approximate surface area is 168 Å². The number of hydrogen-bond acceptors (Lipinski definition) is 4. The second kappa shape index (κ2) is 9.43. The molecule has 6 heteroatoms. The number of benzene rings is 3. The molecule has 1 amide bonds. The van der Waals surface area contributed by atoms with Crippen molar-refractivity contribution in [2.24, 2.45) is 0 Å². The van der Waals surface area contributed by atoms with Gasteiger partial charge in [0.1, 0.15) is 5.75 Å². The highest BCUT2D eigenvalue weighted by molar-refractivity contribution is 7.80. The van der Waals surface area contributed by atoms with Gasteiger partial charge in [-0.25, -0.2) is 0 Å². The standard InChI is InChI=1S/C22H18N2O3S/c25-20(15-27-17-11-5-2-6-12-17)24-22(28)23-19-14-8-7-13-18(19)21(26)16-9-3-1-4-10-16/h1-14H,15H2,(H2,23,24,25,28). The number of ketones is 1. The van der Waals surface area contributed by atoms with Crippen LogP contribution in [0.25, 0.3) is 0 Å². The van der Waals surface area contributed by atoms with Gasteiger partial charge in [0.2, 0.25) is 0 Å². The first-order valence-corrected chi connectivity index (χ1v) is 9.02. The summed E-state index contributed by atoms with van der Waals surface area (Å²) in [6.07, 6.45) is 0. The third kappa shape index (κ3) is 5.25. The molecule has 0 atom stereocenters. The zero-order chi connectivity index (χ0) is 19.8. The van der Waals surface area contributed by atoms with Crippen molar-refractivity contribution in [2.45, 2.75) is 0 Å². The lowest BCUT2D eigenvalue weighted by Gasteiger charge is -2.13. The minimum atomic E-state index is -0.395. The summed E-state index contributed by atoms with van der Waals surface area (Å²) in [7, 11) is 0. The topological polar surface area (TPSA) is 67.4 Å². The first kappa shape index (κ1) is 19.3. The first-order chi connectivity index (χ1) is 13.6. The Morgan fingerprint density at radius 2 is 1.43 bits per heavy atom. The first-order valence-electron chi connectivity index (χ1n) is 8.61. The van der Waals surface area contributed by atoms with E-state index in [2.05, 4.69) is 10.6 Å². The molecule has 0 radical (unpaired) electrons. The Hall–Kier alpha value is -3.51. The molecular formula is C22H18N2O3S. The van der Waals surface area contributed by atoms with Gasteiger partial charge in [-0.3, -0.25) is 14.9 Å². The van der Waals surface area contributed by atoms with Crippen LogP contribution in [0, 0.1) is 0 Å². The molecule has 3 aromatic carbocycles. The van der Waals surface area contributed by atoms with Gasteiger partial charge in [-0.05, 0) is 36.5 Å². The number of ether oxygens (including phenoxy) is 1. The lowest BCUT2D eigenvalue weighted by atomic mass is 10.0. The van der Waals surface area contributed by atoms with Crippen LogP contribution in [0.5, 0.6) is 5.75 Å². The monoisotopic (exact) mass is 390 g/mol. The fourth-order valence-electron chi connectivity index (χ4n) is 2.52. The Morgan fingerprint density at radius 3 is 2.14 bits per heavy atom. The molecule has 0 aliphatic rings. The summed E-state index contributed by atoms with van der Waals surface area (Å²) in [5, 5.41) is 5.56. The predicted octanol–water partition coefficient (Wildman–Crippen LogP) is 3.81. The fourth-order valence-corrected chi connectivity index (χ4v) is 2.74. The normalized spacial score (nSPS) is 10.0. The summed E-state index contributed by atoms with van der Waals surface area (Å²) < 4.78 is 5.39. The molecule has 2 N–H and O–H groups in total. The summed E-state index contributed by atoms with van der Waals surface area (Å²) in [6.45, 7) is -0.170. The molecular weight excluding hydrogens is 372 g/mol. The molecule has 0 aliphatic carbocycles. The maximum atomic E-state index is 12.7. The number of para-hydroxylation sites is 2. The molecule has 0 unspecified atom stereocenters. The molecule has 0 heterocycles. The van der Waals surface area contributed by atoms with E-state index in [0.29, 0.717) is 22.6 Å².